The lowest BCUT2D eigenvalue weighted by Gasteiger charge is -2.36. The van der Waals surface area contributed by atoms with Crippen molar-refractivity contribution in [3.63, 3.8) is 0 Å². The molecule has 94 valence electrons. The first-order valence-corrected chi connectivity index (χ1v) is 6.65. The van der Waals surface area contributed by atoms with Crippen LogP contribution in [-0.2, 0) is 4.74 Å². The molecule has 0 aliphatic carbocycles. The van der Waals surface area contributed by atoms with Crippen molar-refractivity contribution >= 4 is 33.3 Å². The molecule has 2 N–H and O–H groups in total. The van der Waals surface area contributed by atoms with Gasteiger partial charge in [-0.25, -0.2) is 4.98 Å². The molecule has 5 nitrogen and oxygen atoms in total. The third kappa shape index (κ3) is 2.81. The smallest absolute Gasteiger partial charge is 0.267 e. The fourth-order valence-corrected chi connectivity index (χ4v) is 2.43. The minimum Gasteiger partial charge on any atom is -0.381 e. The van der Waals surface area contributed by atoms with E-state index in [1.54, 1.807) is 0 Å². The summed E-state index contributed by atoms with van der Waals surface area (Å²) in [7, 11) is 0. The minimum atomic E-state index is -0.247. The Hall–Kier alpha value is -0.590. The van der Waals surface area contributed by atoms with E-state index in [1.165, 1.54) is 6.33 Å². The van der Waals surface area contributed by atoms with Crippen molar-refractivity contribution in [3.8, 4) is 0 Å². The first-order valence-electron chi connectivity index (χ1n) is 5.32. The average molecular weight is 323 g/mol. The van der Waals surface area contributed by atoms with Gasteiger partial charge in [-0.3, -0.25) is 4.79 Å². The number of alkyl halides is 1. The van der Waals surface area contributed by atoms with Crippen LogP contribution >= 0.6 is 27.5 Å². The normalized spacial score (nSPS) is 18.9. The number of anilines is 1. The lowest BCUT2D eigenvalue weighted by Crippen LogP contribution is -2.46. The molecule has 0 aromatic carbocycles. The molecule has 17 heavy (non-hydrogen) atoms. The van der Waals surface area contributed by atoms with E-state index in [4.69, 9.17) is 16.3 Å². The summed E-state index contributed by atoms with van der Waals surface area (Å²) < 4.78 is 5.72. The number of halogens is 2. The van der Waals surface area contributed by atoms with Gasteiger partial charge in [0, 0.05) is 19.1 Å². The van der Waals surface area contributed by atoms with E-state index in [0.717, 1.165) is 12.8 Å². The summed E-state index contributed by atoms with van der Waals surface area (Å²) in [6.07, 6.45) is 2.98. The molecule has 0 amide bonds. The summed E-state index contributed by atoms with van der Waals surface area (Å²) in [5.74, 6) is 0.980. The molecule has 7 heteroatoms. The molecule has 0 spiro atoms. The Kier molecular flexibility index (Phi) is 4.06. The van der Waals surface area contributed by atoms with Gasteiger partial charge in [0.2, 0.25) is 0 Å². The number of hydrogen-bond acceptors (Lipinski definition) is 4. The van der Waals surface area contributed by atoms with Crippen LogP contribution in [0.1, 0.15) is 12.8 Å². The highest BCUT2D eigenvalue weighted by Crippen LogP contribution is 2.28. The van der Waals surface area contributed by atoms with Crippen LogP contribution < -0.4 is 10.9 Å². The van der Waals surface area contributed by atoms with Crippen molar-refractivity contribution in [2.75, 3.05) is 24.4 Å². The SMILES string of the molecule is O=c1[nH]cnc(NC2(CCl)CCOCC2)c1Br. The predicted octanol–water partition coefficient (Wildman–Crippen LogP) is 1.73. The molecule has 0 radical (unpaired) electrons. The average Bonchev–Trinajstić information content (AvgIpc) is 2.36. The highest BCUT2D eigenvalue weighted by molar-refractivity contribution is 9.10. The maximum Gasteiger partial charge on any atom is 0.267 e. The van der Waals surface area contributed by atoms with Crippen molar-refractivity contribution in [2.45, 2.75) is 18.4 Å². The van der Waals surface area contributed by atoms with Crippen LogP contribution in [-0.4, -0.2) is 34.6 Å². The van der Waals surface area contributed by atoms with Gasteiger partial charge < -0.3 is 15.0 Å². The maximum absolute atomic E-state index is 11.4. The molecule has 1 aromatic rings. The van der Waals surface area contributed by atoms with Crippen molar-refractivity contribution in [2.24, 2.45) is 0 Å². The van der Waals surface area contributed by atoms with Gasteiger partial charge in [-0.05, 0) is 28.8 Å². The van der Waals surface area contributed by atoms with Gasteiger partial charge in [-0.15, -0.1) is 11.6 Å². The molecule has 1 aliphatic rings. The van der Waals surface area contributed by atoms with Gasteiger partial charge in [-0.2, -0.15) is 0 Å². The number of hydrogen-bond donors (Lipinski definition) is 2. The maximum atomic E-state index is 11.4. The van der Waals surface area contributed by atoms with Crippen LogP contribution in [0.5, 0.6) is 0 Å². The van der Waals surface area contributed by atoms with E-state index < -0.39 is 0 Å². The Morgan fingerprint density at radius 3 is 2.94 bits per heavy atom. The van der Waals surface area contributed by atoms with Crippen LogP contribution in [0, 0.1) is 0 Å². The first kappa shape index (κ1) is 12.9. The molecular formula is C10H13BrClN3O2. The second kappa shape index (κ2) is 5.37. The van der Waals surface area contributed by atoms with Crippen LogP contribution in [0.2, 0.25) is 0 Å². The summed E-state index contributed by atoms with van der Waals surface area (Å²) in [5.41, 5.74) is -0.456. The summed E-state index contributed by atoms with van der Waals surface area (Å²) in [6.45, 7) is 1.33. The second-order valence-corrected chi connectivity index (χ2v) is 5.11. The molecule has 0 atom stereocenters. The number of rotatable bonds is 3. The lowest BCUT2D eigenvalue weighted by molar-refractivity contribution is 0.0666. The monoisotopic (exact) mass is 321 g/mol. The third-order valence-electron chi connectivity index (χ3n) is 2.89. The second-order valence-electron chi connectivity index (χ2n) is 4.05. The van der Waals surface area contributed by atoms with Crippen LogP contribution in [0.4, 0.5) is 5.82 Å². The Morgan fingerprint density at radius 1 is 1.59 bits per heavy atom. The minimum absolute atomic E-state index is 0.209. The predicted molar refractivity (Wildman–Crippen MR) is 69.7 cm³/mol. The van der Waals surface area contributed by atoms with E-state index >= 15 is 0 Å². The number of aromatic amines is 1. The Balaban J connectivity index is 2.23. The number of nitrogens with one attached hydrogen (secondary N) is 2. The van der Waals surface area contributed by atoms with Gasteiger partial charge in [0.05, 0.1) is 11.9 Å². The van der Waals surface area contributed by atoms with Gasteiger partial charge in [0.25, 0.3) is 5.56 Å². The molecule has 2 heterocycles. The Morgan fingerprint density at radius 2 is 2.29 bits per heavy atom. The molecular weight excluding hydrogens is 309 g/mol. The van der Waals surface area contributed by atoms with Gasteiger partial charge in [-0.1, -0.05) is 0 Å². The third-order valence-corrected chi connectivity index (χ3v) is 4.13. The fourth-order valence-electron chi connectivity index (χ4n) is 1.78. The molecule has 1 fully saturated rings. The van der Waals surface area contributed by atoms with E-state index in [1.807, 2.05) is 0 Å². The molecule has 0 unspecified atom stereocenters. The number of ether oxygens (including phenoxy) is 1. The van der Waals surface area contributed by atoms with E-state index in [0.29, 0.717) is 29.4 Å². The standard InChI is InChI=1S/C10H13BrClN3O2/c11-7-8(13-6-14-9(7)16)15-10(5-12)1-3-17-4-2-10/h6H,1-5H2,(H2,13,14,15,16). The van der Waals surface area contributed by atoms with Gasteiger partial charge in [0.15, 0.2) is 0 Å². The zero-order valence-electron chi connectivity index (χ0n) is 9.13. The number of H-pyrrole nitrogens is 1. The topological polar surface area (TPSA) is 67.0 Å². The fraction of sp³-hybridized carbons (Fsp3) is 0.600. The molecule has 0 bridgehead atoms. The van der Waals surface area contributed by atoms with Crippen molar-refractivity contribution in [1.29, 1.82) is 0 Å². The molecule has 1 saturated heterocycles. The molecule has 1 aliphatic heterocycles. The van der Waals surface area contributed by atoms with Gasteiger partial charge in [0.1, 0.15) is 10.3 Å². The highest BCUT2D eigenvalue weighted by atomic mass is 79.9. The first-order chi connectivity index (χ1) is 8.17. The van der Waals surface area contributed by atoms with Crippen molar-refractivity contribution < 1.29 is 4.74 Å². The summed E-state index contributed by atoms with van der Waals surface area (Å²) in [6, 6.07) is 0. The van der Waals surface area contributed by atoms with Crippen molar-refractivity contribution in [1.82, 2.24) is 9.97 Å². The Bertz CT molecular complexity index is 445. The van der Waals surface area contributed by atoms with E-state index in [2.05, 4.69) is 31.2 Å². The largest absolute Gasteiger partial charge is 0.381 e. The number of nitrogens with zero attached hydrogens (tertiary/aromatic N) is 1. The Labute approximate surface area is 112 Å². The van der Waals surface area contributed by atoms with E-state index in [-0.39, 0.29) is 11.1 Å². The number of aromatic nitrogens is 2. The van der Waals surface area contributed by atoms with E-state index in [9.17, 15) is 4.79 Å². The van der Waals surface area contributed by atoms with Crippen LogP contribution in [0.25, 0.3) is 0 Å². The lowest BCUT2D eigenvalue weighted by atomic mass is 9.92. The molecule has 2 rings (SSSR count). The molecule has 0 saturated carbocycles. The summed E-state index contributed by atoms with van der Waals surface area (Å²) >= 11 is 9.25. The van der Waals surface area contributed by atoms with Crippen molar-refractivity contribution in [3.05, 3.63) is 21.2 Å². The summed E-state index contributed by atoms with van der Waals surface area (Å²) in [4.78, 5) is 18.0. The van der Waals surface area contributed by atoms with Crippen LogP contribution in [0.15, 0.2) is 15.6 Å². The van der Waals surface area contributed by atoms with Crippen LogP contribution in [0.3, 0.4) is 0 Å². The van der Waals surface area contributed by atoms with Gasteiger partial charge >= 0.3 is 0 Å². The zero-order valence-corrected chi connectivity index (χ0v) is 11.5. The zero-order chi connectivity index (χ0) is 12.3. The molecule has 1 aromatic heterocycles. The summed E-state index contributed by atoms with van der Waals surface area (Å²) in [5, 5.41) is 3.26. The highest BCUT2D eigenvalue weighted by Gasteiger charge is 2.32. The quantitative estimate of drug-likeness (QED) is 0.832.